The van der Waals surface area contributed by atoms with Crippen LogP contribution in [0.15, 0.2) is 18.2 Å². The molecule has 0 unspecified atom stereocenters. The van der Waals surface area contributed by atoms with E-state index in [4.69, 9.17) is 4.74 Å². The number of amides is 1. The minimum atomic E-state index is -0.560. The minimum Gasteiger partial charge on any atom is -0.480 e. The second-order valence-electron chi connectivity index (χ2n) is 6.60. The Kier molecular flexibility index (Phi) is 3.55. The standard InChI is InChI=1S/C18H20FN3O2/c1-10-17(11(2)21-20-10)14-4-3-7-22(14)18(23)16-9-12-8-13(19)5-6-15(12)24-16/h5-6,8,14,16H,3-4,7,9H2,1-2H3,(H,20,21)/t14-,16-/m1/s1. The van der Waals surface area contributed by atoms with Gasteiger partial charge < -0.3 is 9.64 Å². The highest BCUT2D eigenvalue weighted by Gasteiger charge is 2.39. The average Bonchev–Trinajstić information content (AvgIpc) is 3.25. The molecular formula is C18H20FN3O2. The molecule has 3 heterocycles. The summed E-state index contributed by atoms with van der Waals surface area (Å²) >= 11 is 0. The Labute approximate surface area is 139 Å². The van der Waals surface area contributed by atoms with Gasteiger partial charge in [-0.05, 0) is 44.9 Å². The number of likely N-dealkylation sites (tertiary alicyclic amines) is 1. The molecule has 2 atom stereocenters. The lowest BCUT2D eigenvalue weighted by atomic mass is 10.0. The third kappa shape index (κ3) is 2.37. The van der Waals surface area contributed by atoms with Crippen molar-refractivity contribution in [1.29, 1.82) is 0 Å². The molecule has 2 aliphatic rings. The zero-order valence-electron chi connectivity index (χ0n) is 13.8. The number of ether oxygens (including phenoxy) is 1. The van der Waals surface area contributed by atoms with E-state index in [1.54, 1.807) is 6.07 Å². The van der Waals surface area contributed by atoms with Crippen molar-refractivity contribution in [3.05, 3.63) is 46.5 Å². The topological polar surface area (TPSA) is 58.2 Å². The summed E-state index contributed by atoms with van der Waals surface area (Å²) in [7, 11) is 0. The number of fused-ring (bicyclic) bond motifs is 1. The van der Waals surface area contributed by atoms with E-state index in [9.17, 15) is 9.18 Å². The lowest BCUT2D eigenvalue weighted by Gasteiger charge is -2.27. The van der Waals surface area contributed by atoms with Crippen molar-refractivity contribution in [1.82, 2.24) is 15.1 Å². The summed E-state index contributed by atoms with van der Waals surface area (Å²) in [5.41, 5.74) is 3.83. The molecule has 1 aromatic heterocycles. The first-order valence-electron chi connectivity index (χ1n) is 8.31. The van der Waals surface area contributed by atoms with Gasteiger partial charge in [0.1, 0.15) is 11.6 Å². The van der Waals surface area contributed by atoms with Crippen LogP contribution in [0.3, 0.4) is 0 Å². The second-order valence-corrected chi connectivity index (χ2v) is 6.60. The van der Waals surface area contributed by atoms with Gasteiger partial charge in [0, 0.05) is 29.8 Å². The van der Waals surface area contributed by atoms with Gasteiger partial charge in [-0.15, -0.1) is 0 Å². The number of nitrogens with zero attached hydrogens (tertiary/aromatic N) is 2. The summed E-state index contributed by atoms with van der Waals surface area (Å²) in [6, 6.07) is 4.46. The maximum absolute atomic E-state index is 13.4. The molecule has 4 rings (SSSR count). The van der Waals surface area contributed by atoms with Crippen molar-refractivity contribution in [3.63, 3.8) is 0 Å². The molecule has 5 nitrogen and oxygen atoms in total. The van der Waals surface area contributed by atoms with Crippen LogP contribution in [0.4, 0.5) is 4.39 Å². The van der Waals surface area contributed by atoms with Crippen LogP contribution in [0.1, 0.15) is 41.4 Å². The SMILES string of the molecule is Cc1n[nH]c(C)c1[C@H]1CCCN1C(=O)[C@H]1Cc2cc(F)ccc2O1. The van der Waals surface area contributed by atoms with Crippen LogP contribution in [0, 0.1) is 19.7 Å². The first-order valence-corrected chi connectivity index (χ1v) is 8.31. The molecule has 0 bridgehead atoms. The van der Waals surface area contributed by atoms with Gasteiger partial charge in [-0.2, -0.15) is 5.10 Å². The van der Waals surface area contributed by atoms with Gasteiger partial charge in [-0.1, -0.05) is 0 Å². The van der Waals surface area contributed by atoms with E-state index in [0.717, 1.165) is 41.9 Å². The number of hydrogen-bond donors (Lipinski definition) is 1. The molecule has 24 heavy (non-hydrogen) atoms. The Balaban J connectivity index is 1.57. The van der Waals surface area contributed by atoms with Crippen molar-refractivity contribution < 1.29 is 13.9 Å². The maximum atomic E-state index is 13.4. The van der Waals surface area contributed by atoms with Crippen molar-refractivity contribution in [2.45, 2.75) is 45.3 Å². The van der Waals surface area contributed by atoms with Gasteiger partial charge in [0.15, 0.2) is 6.10 Å². The molecule has 2 aliphatic heterocycles. The fraction of sp³-hybridized carbons (Fsp3) is 0.444. The second kappa shape index (κ2) is 5.61. The highest BCUT2D eigenvalue weighted by Crippen LogP contribution is 2.37. The average molecular weight is 329 g/mol. The molecule has 1 amide bonds. The number of nitrogens with one attached hydrogen (secondary N) is 1. The monoisotopic (exact) mass is 329 g/mol. The normalized spacial score (nSPS) is 22.5. The van der Waals surface area contributed by atoms with E-state index in [0.29, 0.717) is 12.2 Å². The van der Waals surface area contributed by atoms with Crippen molar-refractivity contribution in [2.75, 3.05) is 6.54 Å². The predicted molar refractivity (Wildman–Crippen MR) is 86.3 cm³/mol. The zero-order valence-corrected chi connectivity index (χ0v) is 13.8. The van der Waals surface area contributed by atoms with E-state index in [1.165, 1.54) is 12.1 Å². The van der Waals surface area contributed by atoms with Gasteiger partial charge in [0.25, 0.3) is 5.91 Å². The Morgan fingerprint density at radius 3 is 3.00 bits per heavy atom. The molecule has 1 N–H and O–H groups in total. The molecule has 1 saturated heterocycles. The molecule has 0 radical (unpaired) electrons. The molecule has 0 aliphatic carbocycles. The van der Waals surface area contributed by atoms with Crippen LogP contribution >= 0.6 is 0 Å². The molecule has 0 saturated carbocycles. The van der Waals surface area contributed by atoms with Gasteiger partial charge in [0.2, 0.25) is 0 Å². The molecule has 0 spiro atoms. The highest BCUT2D eigenvalue weighted by atomic mass is 19.1. The fourth-order valence-corrected chi connectivity index (χ4v) is 3.92. The number of carbonyl (C=O) groups is 1. The molecule has 1 aromatic carbocycles. The molecule has 6 heteroatoms. The summed E-state index contributed by atoms with van der Waals surface area (Å²) in [5, 5.41) is 7.26. The minimum absolute atomic E-state index is 0.0193. The number of H-pyrrole nitrogens is 1. The van der Waals surface area contributed by atoms with Gasteiger partial charge in [-0.25, -0.2) is 4.39 Å². The number of rotatable bonds is 2. The summed E-state index contributed by atoms with van der Waals surface area (Å²) in [6.45, 7) is 4.67. The van der Waals surface area contributed by atoms with Crippen LogP contribution in [0.2, 0.25) is 0 Å². The van der Waals surface area contributed by atoms with E-state index in [2.05, 4.69) is 10.2 Å². The zero-order chi connectivity index (χ0) is 16.8. The Bertz CT molecular complexity index is 782. The smallest absolute Gasteiger partial charge is 0.264 e. The van der Waals surface area contributed by atoms with Crippen LogP contribution in [-0.2, 0) is 11.2 Å². The number of aryl methyl sites for hydroxylation is 2. The first-order chi connectivity index (χ1) is 11.5. The van der Waals surface area contributed by atoms with Crippen LogP contribution in [0.5, 0.6) is 5.75 Å². The van der Waals surface area contributed by atoms with E-state index >= 15 is 0 Å². The number of aromatic amines is 1. The predicted octanol–water partition coefficient (Wildman–Crippen LogP) is 2.83. The number of hydrogen-bond acceptors (Lipinski definition) is 3. The lowest BCUT2D eigenvalue weighted by Crippen LogP contribution is -2.41. The highest BCUT2D eigenvalue weighted by molar-refractivity contribution is 5.83. The molecular weight excluding hydrogens is 309 g/mol. The summed E-state index contributed by atoms with van der Waals surface area (Å²) < 4.78 is 19.1. The number of benzene rings is 1. The quantitative estimate of drug-likeness (QED) is 0.922. The Morgan fingerprint density at radius 2 is 2.25 bits per heavy atom. The van der Waals surface area contributed by atoms with Gasteiger partial charge in [0.05, 0.1) is 11.7 Å². The van der Waals surface area contributed by atoms with Crippen LogP contribution in [0.25, 0.3) is 0 Å². The first kappa shape index (κ1) is 15.2. The van der Waals surface area contributed by atoms with Crippen LogP contribution in [-0.4, -0.2) is 33.7 Å². The van der Waals surface area contributed by atoms with Crippen LogP contribution < -0.4 is 4.74 Å². The Hall–Kier alpha value is -2.37. The fourth-order valence-electron chi connectivity index (χ4n) is 3.92. The number of carbonyl (C=O) groups excluding carboxylic acids is 1. The Morgan fingerprint density at radius 1 is 1.42 bits per heavy atom. The third-order valence-corrected chi connectivity index (χ3v) is 5.03. The van der Waals surface area contributed by atoms with E-state index < -0.39 is 6.10 Å². The maximum Gasteiger partial charge on any atom is 0.264 e. The van der Waals surface area contributed by atoms with E-state index in [-0.39, 0.29) is 17.8 Å². The van der Waals surface area contributed by atoms with E-state index in [1.807, 2.05) is 18.7 Å². The summed E-state index contributed by atoms with van der Waals surface area (Å²) in [6.07, 6.45) is 1.77. The lowest BCUT2D eigenvalue weighted by molar-refractivity contribution is -0.138. The van der Waals surface area contributed by atoms with Crippen molar-refractivity contribution in [3.8, 4) is 5.75 Å². The largest absolute Gasteiger partial charge is 0.480 e. The number of aromatic nitrogens is 2. The summed E-state index contributed by atoms with van der Waals surface area (Å²) in [5.74, 6) is 0.296. The van der Waals surface area contributed by atoms with Crippen molar-refractivity contribution in [2.24, 2.45) is 0 Å². The van der Waals surface area contributed by atoms with Gasteiger partial charge in [-0.3, -0.25) is 9.89 Å². The molecule has 2 aromatic rings. The molecule has 1 fully saturated rings. The number of halogens is 1. The summed E-state index contributed by atoms with van der Waals surface area (Å²) in [4.78, 5) is 14.9. The van der Waals surface area contributed by atoms with Gasteiger partial charge >= 0.3 is 0 Å². The molecule has 126 valence electrons. The van der Waals surface area contributed by atoms with Crippen molar-refractivity contribution >= 4 is 5.91 Å². The third-order valence-electron chi connectivity index (χ3n) is 5.03.